The summed E-state index contributed by atoms with van der Waals surface area (Å²) in [5, 5.41) is 21.2. The summed E-state index contributed by atoms with van der Waals surface area (Å²) in [6.45, 7) is 4.68. The van der Waals surface area contributed by atoms with Crippen molar-refractivity contribution >= 4 is 16.3 Å². The fourth-order valence-corrected chi connectivity index (χ4v) is 3.35. The van der Waals surface area contributed by atoms with Crippen molar-refractivity contribution in [2.75, 3.05) is 0 Å². The van der Waals surface area contributed by atoms with E-state index in [1.807, 2.05) is 36.4 Å². The number of nitrogens with zero attached hydrogens (tertiary/aromatic N) is 5. The lowest BCUT2D eigenvalue weighted by Gasteiger charge is -2.02. The molecule has 0 atom stereocenters. The normalized spacial score (nSPS) is 11.5. The van der Waals surface area contributed by atoms with Crippen LogP contribution in [0, 0.1) is 5.92 Å². The van der Waals surface area contributed by atoms with E-state index in [0.717, 1.165) is 33.5 Å². The first-order chi connectivity index (χ1) is 12.2. The van der Waals surface area contributed by atoms with Crippen molar-refractivity contribution in [2.24, 2.45) is 5.92 Å². The molecule has 128 valence electrons. The van der Waals surface area contributed by atoms with Gasteiger partial charge >= 0.3 is 0 Å². The van der Waals surface area contributed by atoms with Crippen molar-refractivity contribution in [3.8, 4) is 16.5 Å². The number of fused-ring (bicyclic) bond motifs is 1. The third-order valence-electron chi connectivity index (χ3n) is 3.64. The molecule has 0 amide bonds. The predicted octanol–water partition coefficient (Wildman–Crippen LogP) is 3.35. The molecule has 0 saturated heterocycles. The molecule has 0 fully saturated rings. The van der Waals surface area contributed by atoms with Gasteiger partial charge in [0.1, 0.15) is 18.1 Å². The summed E-state index contributed by atoms with van der Waals surface area (Å²) < 4.78 is 7.46. The standard InChI is InChI=1S/C17H18N6OS/c1-11(2)8-12-9-14(19-18-12)16-22-23-15(20-21-17(23)25-16)10-24-13-6-4-3-5-7-13/h3-7,9,11H,8,10H2,1-2H3,(H,18,19). The van der Waals surface area contributed by atoms with Gasteiger partial charge in [-0.2, -0.15) is 14.7 Å². The van der Waals surface area contributed by atoms with Gasteiger partial charge in [0.25, 0.3) is 0 Å². The number of nitrogens with one attached hydrogen (secondary N) is 1. The van der Waals surface area contributed by atoms with Crippen LogP contribution in [0.15, 0.2) is 36.4 Å². The molecule has 1 N–H and O–H groups in total. The monoisotopic (exact) mass is 354 g/mol. The molecule has 1 aromatic carbocycles. The first-order valence-electron chi connectivity index (χ1n) is 8.12. The van der Waals surface area contributed by atoms with E-state index in [2.05, 4.69) is 39.3 Å². The molecule has 3 heterocycles. The Morgan fingerprint density at radius 2 is 2.04 bits per heavy atom. The molecular formula is C17H18N6OS. The molecule has 25 heavy (non-hydrogen) atoms. The third kappa shape index (κ3) is 3.39. The van der Waals surface area contributed by atoms with E-state index >= 15 is 0 Å². The quantitative estimate of drug-likeness (QED) is 0.574. The number of rotatable bonds is 6. The Morgan fingerprint density at radius 1 is 1.20 bits per heavy atom. The molecular weight excluding hydrogens is 336 g/mol. The van der Waals surface area contributed by atoms with Crippen LogP contribution in [0.25, 0.3) is 15.7 Å². The average molecular weight is 354 g/mol. The van der Waals surface area contributed by atoms with E-state index in [1.165, 1.54) is 11.3 Å². The summed E-state index contributed by atoms with van der Waals surface area (Å²) in [7, 11) is 0. The van der Waals surface area contributed by atoms with Gasteiger partial charge in [-0.15, -0.1) is 10.2 Å². The number of hydrogen-bond donors (Lipinski definition) is 1. The van der Waals surface area contributed by atoms with Crippen molar-refractivity contribution in [3.63, 3.8) is 0 Å². The largest absolute Gasteiger partial charge is 0.486 e. The van der Waals surface area contributed by atoms with Gasteiger partial charge in [-0.05, 0) is 30.5 Å². The maximum absolute atomic E-state index is 5.74. The molecule has 0 aliphatic rings. The molecule has 0 saturated carbocycles. The van der Waals surface area contributed by atoms with Crippen LogP contribution >= 0.6 is 11.3 Å². The molecule has 3 aromatic heterocycles. The second-order valence-electron chi connectivity index (χ2n) is 6.20. The zero-order valence-corrected chi connectivity index (χ0v) is 14.8. The number of benzene rings is 1. The van der Waals surface area contributed by atoms with E-state index in [0.29, 0.717) is 18.3 Å². The van der Waals surface area contributed by atoms with E-state index in [4.69, 9.17) is 4.74 Å². The van der Waals surface area contributed by atoms with E-state index in [9.17, 15) is 0 Å². The average Bonchev–Trinajstić information content (AvgIpc) is 3.29. The Balaban J connectivity index is 1.55. The molecule has 7 nitrogen and oxygen atoms in total. The van der Waals surface area contributed by atoms with Gasteiger partial charge in [0.2, 0.25) is 4.96 Å². The van der Waals surface area contributed by atoms with Crippen molar-refractivity contribution in [1.29, 1.82) is 0 Å². The summed E-state index contributed by atoms with van der Waals surface area (Å²) in [5.74, 6) is 2.03. The fraction of sp³-hybridized carbons (Fsp3) is 0.294. The van der Waals surface area contributed by atoms with Crippen LogP contribution in [-0.2, 0) is 13.0 Å². The lowest BCUT2D eigenvalue weighted by molar-refractivity contribution is 0.293. The second kappa shape index (κ2) is 6.64. The zero-order valence-electron chi connectivity index (χ0n) is 14.0. The highest BCUT2D eigenvalue weighted by Gasteiger charge is 2.15. The fourth-order valence-electron chi connectivity index (χ4n) is 2.53. The summed E-state index contributed by atoms with van der Waals surface area (Å²) in [6, 6.07) is 11.7. The van der Waals surface area contributed by atoms with Crippen LogP contribution < -0.4 is 4.74 Å². The van der Waals surface area contributed by atoms with Crippen LogP contribution in [0.4, 0.5) is 0 Å². The topological polar surface area (TPSA) is 81.0 Å². The lowest BCUT2D eigenvalue weighted by atomic mass is 10.1. The van der Waals surface area contributed by atoms with Crippen molar-refractivity contribution in [1.82, 2.24) is 30.0 Å². The Morgan fingerprint density at radius 3 is 2.84 bits per heavy atom. The smallest absolute Gasteiger partial charge is 0.235 e. The molecule has 0 bridgehead atoms. The molecule has 0 aliphatic heterocycles. The number of aromatic amines is 1. The van der Waals surface area contributed by atoms with E-state index in [1.54, 1.807) is 4.52 Å². The number of hydrogen-bond acceptors (Lipinski definition) is 6. The van der Waals surface area contributed by atoms with Crippen molar-refractivity contribution < 1.29 is 4.74 Å². The van der Waals surface area contributed by atoms with Crippen LogP contribution in [0.2, 0.25) is 0 Å². The van der Waals surface area contributed by atoms with Gasteiger partial charge in [-0.25, -0.2) is 0 Å². The van der Waals surface area contributed by atoms with Crippen LogP contribution in [-0.4, -0.2) is 30.0 Å². The Labute approximate surface area is 148 Å². The number of aromatic nitrogens is 6. The summed E-state index contributed by atoms with van der Waals surface area (Å²) in [4.78, 5) is 0.732. The van der Waals surface area contributed by atoms with Crippen LogP contribution in [0.1, 0.15) is 25.4 Å². The molecule has 4 rings (SSSR count). The molecule has 0 aliphatic carbocycles. The first kappa shape index (κ1) is 15.8. The molecule has 0 radical (unpaired) electrons. The summed E-state index contributed by atoms with van der Waals surface area (Å²) >= 11 is 1.47. The zero-order chi connectivity index (χ0) is 17.2. The Bertz CT molecular complexity index is 972. The highest BCUT2D eigenvalue weighted by Crippen LogP contribution is 2.25. The van der Waals surface area contributed by atoms with Crippen LogP contribution in [0.5, 0.6) is 5.75 Å². The highest BCUT2D eigenvalue weighted by molar-refractivity contribution is 7.19. The van der Waals surface area contributed by atoms with E-state index in [-0.39, 0.29) is 0 Å². The van der Waals surface area contributed by atoms with Gasteiger partial charge in [0, 0.05) is 5.69 Å². The Kier molecular flexibility index (Phi) is 4.19. The maximum Gasteiger partial charge on any atom is 0.235 e. The number of para-hydroxylation sites is 1. The second-order valence-corrected chi connectivity index (χ2v) is 7.15. The van der Waals surface area contributed by atoms with Gasteiger partial charge in [0.05, 0.1) is 0 Å². The molecule has 0 spiro atoms. The minimum atomic E-state index is 0.313. The third-order valence-corrected chi connectivity index (χ3v) is 4.57. The molecule has 0 unspecified atom stereocenters. The molecule has 8 heteroatoms. The van der Waals surface area contributed by atoms with Crippen molar-refractivity contribution in [3.05, 3.63) is 47.9 Å². The summed E-state index contributed by atoms with van der Waals surface area (Å²) in [5.41, 5.74) is 1.95. The highest BCUT2D eigenvalue weighted by atomic mass is 32.1. The van der Waals surface area contributed by atoms with E-state index < -0.39 is 0 Å². The minimum absolute atomic E-state index is 0.313. The van der Waals surface area contributed by atoms with Gasteiger partial charge in [0.15, 0.2) is 10.8 Å². The number of ether oxygens (including phenoxy) is 1. The minimum Gasteiger partial charge on any atom is -0.486 e. The lowest BCUT2D eigenvalue weighted by Crippen LogP contribution is -2.02. The molecule has 4 aromatic rings. The maximum atomic E-state index is 5.74. The van der Waals surface area contributed by atoms with Gasteiger partial charge in [-0.3, -0.25) is 5.10 Å². The SMILES string of the molecule is CC(C)Cc1cc(-c2nn3c(COc4ccccc4)nnc3s2)n[nH]1. The summed E-state index contributed by atoms with van der Waals surface area (Å²) in [6.07, 6.45) is 0.966. The number of H-pyrrole nitrogens is 1. The van der Waals surface area contributed by atoms with Gasteiger partial charge in [-0.1, -0.05) is 43.4 Å². The Hall–Kier alpha value is -2.74. The predicted molar refractivity (Wildman–Crippen MR) is 95.6 cm³/mol. The van der Waals surface area contributed by atoms with Gasteiger partial charge < -0.3 is 4.74 Å². The first-order valence-corrected chi connectivity index (χ1v) is 8.94. The van der Waals surface area contributed by atoms with Crippen molar-refractivity contribution in [2.45, 2.75) is 26.9 Å². The van der Waals surface area contributed by atoms with Crippen LogP contribution in [0.3, 0.4) is 0 Å².